The molecule has 0 amide bonds. The van der Waals surface area contributed by atoms with Gasteiger partial charge in [0.15, 0.2) is 11.5 Å². The van der Waals surface area contributed by atoms with Gasteiger partial charge in [0.1, 0.15) is 17.2 Å². The summed E-state index contributed by atoms with van der Waals surface area (Å²) >= 11 is 0. The molecule has 3 aromatic rings. The minimum Gasteiger partial charge on any atom is -0.476 e. The zero-order valence-electron chi connectivity index (χ0n) is 9.18. The summed E-state index contributed by atoms with van der Waals surface area (Å²) in [5.74, 6) is -3.46. The summed E-state index contributed by atoms with van der Waals surface area (Å²) in [5.41, 5.74) is -0.855. The number of benzene rings is 1. The summed E-state index contributed by atoms with van der Waals surface area (Å²) in [7, 11) is 0. The molecule has 2 heterocycles. The van der Waals surface area contributed by atoms with E-state index in [2.05, 4.69) is 9.68 Å². The number of furan rings is 1. The van der Waals surface area contributed by atoms with Crippen LogP contribution < -0.4 is 0 Å². The maximum Gasteiger partial charge on any atom is 0.358 e. The molecule has 0 spiro atoms. The Bertz CT molecular complexity index is 790. The lowest BCUT2D eigenvalue weighted by atomic mass is 10.1. The number of aromatic nitrogens is 1. The van der Waals surface area contributed by atoms with Crippen LogP contribution in [-0.2, 0) is 0 Å². The van der Waals surface area contributed by atoms with Crippen molar-refractivity contribution >= 4 is 16.9 Å². The molecule has 0 radical (unpaired) electrons. The molecule has 0 saturated heterocycles. The number of fused-ring (bicyclic) bond motifs is 1. The fourth-order valence-electron chi connectivity index (χ4n) is 1.76. The van der Waals surface area contributed by atoms with Crippen molar-refractivity contribution in [3.63, 3.8) is 0 Å². The molecule has 1 N–H and O–H groups in total. The van der Waals surface area contributed by atoms with Gasteiger partial charge < -0.3 is 14.0 Å². The van der Waals surface area contributed by atoms with Crippen LogP contribution in [0.25, 0.3) is 22.3 Å². The average Bonchev–Trinajstić information content (AvgIpc) is 2.97. The van der Waals surface area contributed by atoms with E-state index >= 15 is 0 Å². The van der Waals surface area contributed by atoms with Gasteiger partial charge in [-0.05, 0) is 6.07 Å². The first kappa shape index (κ1) is 11.4. The summed E-state index contributed by atoms with van der Waals surface area (Å²) < 4.78 is 37.5. The molecule has 1 aromatic carbocycles. The molecule has 0 fully saturated rings. The lowest BCUT2D eigenvalue weighted by Gasteiger charge is -2.01. The Morgan fingerprint density at radius 2 is 2.11 bits per heavy atom. The summed E-state index contributed by atoms with van der Waals surface area (Å²) in [5, 5.41) is 12.0. The maximum absolute atomic E-state index is 14.1. The van der Waals surface area contributed by atoms with Crippen molar-refractivity contribution in [3.05, 3.63) is 41.8 Å². The largest absolute Gasteiger partial charge is 0.476 e. The quantitative estimate of drug-likeness (QED) is 0.770. The third-order valence-corrected chi connectivity index (χ3v) is 2.62. The van der Waals surface area contributed by atoms with Crippen LogP contribution >= 0.6 is 0 Å². The van der Waals surface area contributed by atoms with E-state index < -0.39 is 28.9 Å². The van der Waals surface area contributed by atoms with Gasteiger partial charge in [-0.2, -0.15) is 0 Å². The maximum atomic E-state index is 14.1. The molecule has 7 heteroatoms. The Kier molecular flexibility index (Phi) is 2.34. The molecule has 0 bridgehead atoms. The Labute approximate surface area is 104 Å². The second-order valence-electron chi connectivity index (χ2n) is 3.76. The van der Waals surface area contributed by atoms with Crippen LogP contribution in [0, 0.1) is 11.6 Å². The molecule has 19 heavy (non-hydrogen) atoms. The van der Waals surface area contributed by atoms with Crippen LogP contribution in [0.1, 0.15) is 10.5 Å². The second-order valence-corrected chi connectivity index (χ2v) is 3.76. The molecule has 96 valence electrons. The van der Waals surface area contributed by atoms with Crippen molar-refractivity contribution in [2.24, 2.45) is 0 Å². The van der Waals surface area contributed by atoms with Crippen molar-refractivity contribution in [2.75, 3.05) is 0 Å². The van der Waals surface area contributed by atoms with Crippen LogP contribution in [0.4, 0.5) is 8.78 Å². The summed E-state index contributed by atoms with van der Waals surface area (Å²) in [6, 6.07) is 3.29. The smallest absolute Gasteiger partial charge is 0.358 e. The van der Waals surface area contributed by atoms with E-state index in [1.165, 1.54) is 12.3 Å². The lowest BCUT2D eigenvalue weighted by molar-refractivity contribution is 0.0686. The van der Waals surface area contributed by atoms with Gasteiger partial charge in [-0.25, -0.2) is 13.6 Å². The lowest BCUT2D eigenvalue weighted by Crippen LogP contribution is -1.94. The fraction of sp³-hybridized carbons (Fsp3) is 0. The first-order valence-corrected chi connectivity index (χ1v) is 5.13. The summed E-state index contributed by atoms with van der Waals surface area (Å²) in [6.07, 6.45) is 1.22. The highest BCUT2D eigenvalue weighted by Crippen LogP contribution is 2.32. The number of carbonyl (C=O) groups is 1. The predicted molar refractivity (Wildman–Crippen MR) is 58.6 cm³/mol. The number of halogens is 2. The minimum absolute atomic E-state index is 0.0525. The highest BCUT2D eigenvalue weighted by molar-refractivity contribution is 5.88. The number of hydrogen-bond acceptors (Lipinski definition) is 4. The van der Waals surface area contributed by atoms with E-state index in [1.54, 1.807) is 0 Å². The van der Waals surface area contributed by atoms with Crippen LogP contribution in [0.3, 0.4) is 0 Å². The fourth-order valence-corrected chi connectivity index (χ4v) is 1.76. The Morgan fingerprint density at radius 3 is 2.79 bits per heavy atom. The number of nitrogens with zero attached hydrogens (tertiary/aromatic N) is 1. The first-order valence-electron chi connectivity index (χ1n) is 5.13. The van der Waals surface area contributed by atoms with Gasteiger partial charge in [-0.15, -0.1) is 0 Å². The van der Waals surface area contributed by atoms with Crippen LogP contribution in [0.15, 0.2) is 33.4 Å². The van der Waals surface area contributed by atoms with E-state index in [0.717, 1.165) is 12.1 Å². The second kappa shape index (κ2) is 3.91. The molecule has 0 aliphatic rings. The molecule has 0 unspecified atom stereocenters. The van der Waals surface area contributed by atoms with Crippen LogP contribution in [0.5, 0.6) is 0 Å². The predicted octanol–water partition coefficient (Wildman–Crippen LogP) is 3.06. The third kappa shape index (κ3) is 1.67. The number of hydrogen-bond donors (Lipinski definition) is 1. The third-order valence-electron chi connectivity index (χ3n) is 2.62. The van der Waals surface area contributed by atoms with Gasteiger partial charge >= 0.3 is 5.97 Å². The molecule has 2 aromatic heterocycles. The van der Waals surface area contributed by atoms with E-state index in [-0.39, 0.29) is 16.7 Å². The Hall–Kier alpha value is -2.70. The van der Waals surface area contributed by atoms with Gasteiger partial charge in [0.2, 0.25) is 0 Å². The number of carboxylic acids is 1. The van der Waals surface area contributed by atoms with E-state index in [4.69, 9.17) is 9.52 Å². The van der Waals surface area contributed by atoms with E-state index in [9.17, 15) is 13.6 Å². The molecule has 0 aliphatic carbocycles. The molecular weight excluding hydrogens is 260 g/mol. The van der Waals surface area contributed by atoms with E-state index in [0.29, 0.717) is 0 Å². The van der Waals surface area contributed by atoms with Crippen LogP contribution in [-0.4, -0.2) is 16.2 Å². The van der Waals surface area contributed by atoms with E-state index in [1.807, 2.05) is 0 Å². The van der Waals surface area contributed by atoms with Gasteiger partial charge in [0.05, 0.1) is 17.2 Å². The summed E-state index contributed by atoms with van der Waals surface area (Å²) in [4.78, 5) is 10.7. The molecule has 3 rings (SSSR count). The molecule has 0 saturated carbocycles. The average molecular weight is 265 g/mol. The molecule has 0 aliphatic heterocycles. The van der Waals surface area contributed by atoms with Gasteiger partial charge in [0, 0.05) is 12.1 Å². The SMILES string of the molecule is O=C(O)c1cc(-c2c(F)cc3occc3c2F)on1. The number of aromatic carboxylic acids is 1. The normalized spacial score (nSPS) is 11.1. The summed E-state index contributed by atoms with van der Waals surface area (Å²) in [6.45, 7) is 0. The topological polar surface area (TPSA) is 76.5 Å². The molecule has 5 nitrogen and oxygen atoms in total. The Balaban J connectivity index is 2.25. The van der Waals surface area contributed by atoms with Gasteiger partial charge in [-0.3, -0.25) is 0 Å². The Morgan fingerprint density at radius 1 is 1.32 bits per heavy atom. The van der Waals surface area contributed by atoms with Gasteiger partial charge in [0.25, 0.3) is 0 Å². The monoisotopic (exact) mass is 265 g/mol. The van der Waals surface area contributed by atoms with Crippen molar-refractivity contribution in [1.29, 1.82) is 0 Å². The number of carboxylic acid groups (broad SMARTS) is 1. The van der Waals surface area contributed by atoms with Crippen molar-refractivity contribution in [3.8, 4) is 11.3 Å². The molecule has 0 atom stereocenters. The van der Waals surface area contributed by atoms with Crippen molar-refractivity contribution < 1.29 is 27.6 Å². The highest BCUT2D eigenvalue weighted by atomic mass is 19.1. The zero-order valence-corrected chi connectivity index (χ0v) is 9.18. The first-order chi connectivity index (χ1) is 9.08. The van der Waals surface area contributed by atoms with Crippen molar-refractivity contribution in [1.82, 2.24) is 5.16 Å². The molecular formula is C12H5F2NO4. The minimum atomic E-state index is -1.35. The highest BCUT2D eigenvalue weighted by Gasteiger charge is 2.22. The van der Waals surface area contributed by atoms with Crippen molar-refractivity contribution in [2.45, 2.75) is 0 Å². The van der Waals surface area contributed by atoms with Crippen LogP contribution in [0.2, 0.25) is 0 Å². The van der Waals surface area contributed by atoms with Gasteiger partial charge in [-0.1, -0.05) is 5.16 Å². The zero-order chi connectivity index (χ0) is 13.6. The number of rotatable bonds is 2. The standard InChI is InChI=1S/C12H5F2NO4/c13-6-3-8-5(1-2-18-8)11(14)10(6)9-4-7(12(16)17)15-19-9/h1-4H,(H,16,17).